The summed E-state index contributed by atoms with van der Waals surface area (Å²) in [5, 5.41) is 6.23. The minimum absolute atomic E-state index is 0.0420. The van der Waals surface area contributed by atoms with Crippen LogP contribution in [0.4, 0.5) is 0 Å². The van der Waals surface area contributed by atoms with Crippen LogP contribution in [0.1, 0.15) is 29.3 Å². The van der Waals surface area contributed by atoms with E-state index in [4.69, 9.17) is 9.47 Å². The van der Waals surface area contributed by atoms with Crippen LogP contribution in [0.3, 0.4) is 0 Å². The molecule has 1 saturated heterocycles. The highest BCUT2D eigenvalue weighted by Gasteiger charge is 2.24. The molecule has 0 bridgehead atoms. The lowest BCUT2D eigenvalue weighted by molar-refractivity contribution is 0.0536. The summed E-state index contributed by atoms with van der Waals surface area (Å²) in [6, 6.07) is 7.67. The van der Waals surface area contributed by atoms with Gasteiger partial charge in [-0.2, -0.15) is 0 Å². The zero-order valence-corrected chi connectivity index (χ0v) is 16.7. The van der Waals surface area contributed by atoms with Gasteiger partial charge in [0.1, 0.15) is 0 Å². The Hall–Kier alpha value is -2.12. The van der Waals surface area contributed by atoms with Crippen molar-refractivity contribution in [3.63, 3.8) is 0 Å². The molecule has 150 valence electrons. The number of methoxy groups -OCH3 is 1. The molecule has 1 fully saturated rings. The largest absolute Gasteiger partial charge is 0.382 e. The summed E-state index contributed by atoms with van der Waals surface area (Å²) in [6.07, 6.45) is 1.10. The van der Waals surface area contributed by atoms with Crippen LogP contribution in [0, 0.1) is 5.92 Å². The molecular formula is C20H32N4O3. The summed E-state index contributed by atoms with van der Waals surface area (Å²) in [4.78, 5) is 18.7. The number of guanidine groups is 1. The smallest absolute Gasteiger partial charge is 0.251 e. The van der Waals surface area contributed by atoms with Crippen molar-refractivity contribution in [1.29, 1.82) is 0 Å². The van der Waals surface area contributed by atoms with Gasteiger partial charge in [-0.3, -0.25) is 9.79 Å². The van der Waals surface area contributed by atoms with E-state index >= 15 is 0 Å². The van der Waals surface area contributed by atoms with Crippen molar-refractivity contribution in [1.82, 2.24) is 15.5 Å². The second-order valence-corrected chi connectivity index (χ2v) is 6.63. The number of likely N-dealkylation sites (tertiary alicyclic amines) is 1. The van der Waals surface area contributed by atoms with Gasteiger partial charge in [0, 0.05) is 51.8 Å². The Bertz CT molecular complexity index is 621. The molecule has 1 aliphatic heterocycles. The standard InChI is InChI=1S/C20H32N4O3/c1-4-22-19(25)18-7-5-6-16(12-18)13-23-20(21-2)24-9-8-17(14-24)15-27-11-10-26-3/h5-7,12,17H,4,8-11,13-15H2,1-3H3,(H,21,23)(H,22,25). The molecule has 2 N–H and O–H groups in total. The van der Waals surface area contributed by atoms with E-state index in [0.717, 1.165) is 37.6 Å². The minimum Gasteiger partial charge on any atom is -0.382 e. The normalized spacial score (nSPS) is 17.2. The molecule has 1 unspecified atom stereocenters. The molecule has 0 radical (unpaired) electrons. The molecule has 0 saturated carbocycles. The predicted molar refractivity (Wildman–Crippen MR) is 107 cm³/mol. The molecular weight excluding hydrogens is 344 g/mol. The third-order valence-corrected chi connectivity index (χ3v) is 4.56. The molecule has 7 nitrogen and oxygen atoms in total. The molecule has 1 aromatic rings. The van der Waals surface area contributed by atoms with E-state index in [2.05, 4.69) is 20.5 Å². The number of aliphatic imine (C=N–C) groups is 1. The van der Waals surface area contributed by atoms with Crippen molar-refractivity contribution in [3.8, 4) is 0 Å². The number of carbonyl (C=O) groups excluding carboxylic acids is 1. The molecule has 7 heteroatoms. The maximum Gasteiger partial charge on any atom is 0.251 e. The first-order valence-corrected chi connectivity index (χ1v) is 9.57. The van der Waals surface area contributed by atoms with E-state index in [-0.39, 0.29) is 5.91 Å². The van der Waals surface area contributed by atoms with E-state index in [0.29, 0.717) is 37.8 Å². The van der Waals surface area contributed by atoms with Gasteiger partial charge in [-0.05, 0) is 31.0 Å². The fourth-order valence-electron chi connectivity index (χ4n) is 3.15. The average Bonchev–Trinajstić information content (AvgIpc) is 3.15. The Balaban J connectivity index is 1.82. The van der Waals surface area contributed by atoms with Gasteiger partial charge in [-0.1, -0.05) is 12.1 Å². The Kier molecular flexibility index (Phi) is 9.07. The van der Waals surface area contributed by atoms with Crippen molar-refractivity contribution in [2.24, 2.45) is 10.9 Å². The summed E-state index contributed by atoms with van der Waals surface area (Å²) < 4.78 is 10.7. The highest BCUT2D eigenvalue weighted by atomic mass is 16.5. The van der Waals surface area contributed by atoms with Crippen molar-refractivity contribution in [2.45, 2.75) is 19.9 Å². The Morgan fingerprint density at radius 2 is 2.19 bits per heavy atom. The molecule has 1 amide bonds. The fourth-order valence-corrected chi connectivity index (χ4v) is 3.15. The number of ether oxygens (including phenoxy) is 2. The third-order valence-electron chi connectivity index (χ3n) is 4.56. The molecule has 1 atom stereocenters. The van der Waals surface area contributed by atoms with Crippen LogP contribution in [-0.4, -0.2) is 70.4 Å². The zero-order chi connectivity index (χ0) is 19.5. The molecule has 1 heterocycles. The highest BCUT2D eigenvalue weighted by Crippen LogP contribution is 2.17. The van der Waals surface area contributed by atoms with Gasteiger partial charge < -0.3 is 25.0 Å². The summed E-state index contributed by atoms with van der Waals surface area (Å²) >= 11 is 0. The van der Waals surface area contributed by atoms with Crippen LogP contribution in [0.25, 0.3) is 0 Å². The highest BCUT2D eigenvalue weighted by molar-refractivity contribution is 5.94. The van der Waals surface area contributed by atoms with E-state index in [1.165, 1.54) is 0 Å². The average molecular weight is 377 g/mol. The van der Waals surface area contributed by atoms with Gasteiger partial charge in [0.2, 0.25) is 0 Å². The van der Waals surface area contributed by atoms with Gasteiger partial charge in [-0.25, -0.2) is 0 Å². The minimum atomic E-state index is -0.0420. The number of hydrogen-bond acceptors (Lipinski definition) is 4. The molecule has 1 aliphatic rings. The van der Waals surface area contributed by atoms with Crippen LogP contribution < -0.4 is 10.6 Å². The second-order valence-electron chi connectivity index (χ2n) is 6.63. The van der Waals surface area contributed by atoms with Gasteiger partial charge in [0.05, 0.1) is 19.8 Å². The first kappa shape index (κ1) is 21.2. The number of amides is 1. The summed E-state index contributed by atoms with van der Waals surface area (Å²) in [5.74, 6) is 1.36. The summed E-state index contributed by atoms with van der Waals surface area (Å²) in [5.41, 5.74) is 1.74. The van der Waals surface area contributed by atoms with Gasteiger partial charge in [0.25, 0.3) is 5.91 Å². The first-order valence-electron chi connectivity index (χ1n) is 9.57. The van der Waals surface area contributed by atoms with E-state index < -0.39 is 0 Å². The molecule has 0 spiro atoms. The molecule has 0 aliphatic carbocycles. The first-order chi connectivity index (χ1) is 13.2. The zero-order valence-electron chi connectivity index (χ0n) is 16.7. The number of nitrogens with zero attached hydrogens (tertiary/aromatic N) is 2. The van der Waals surface area contributed by atoms with Crippen LogP contribution in [-0.2, 0) is 16.0 Å². The van der Waals surface area contributed by atoms with Crippen molar-refractivity contribution < 1.29 is 14.3 Å². The lowest BCUT2D eigenvalue weighted by Gasteiger charge is -2.22. The topological polar surface area (TPSA) is 75.2 Å². The Labute approximate surface area is 162 Å². The van der Waals surface area contributed by atoms with E-state index in [1.54, 1.807) is 14.2 Å². The maximum atomic E-state index is 12.0. The lowest BCUT2D eigenvalue weighted by atomic mass is 10.1. The Morgan fingerprint density at radius 1 is 1.33 bits per heavy atom. The van der Waals surface area contributed by atoms with Crippen LogP contribution in [0.15, 0.2) is 29.3 Å². The van der Waals surface area contributed by atoms with Crippen LogP contribution in [0.5, 0.6) is 0 Å². The molecule has 27 heavy (non-hydrogen) atoms. The number of benzene rings is 1. The predicted octanol–water partition coefficient (Wildman–Crippen LogP) is 1.50. The monoisotopic (exact) mass is 376 g/mol. The van der Waals surface area contributed by atoms with E-state index in [1.807, 2.05) is 31.2 Å². The van der Waals surface area contributed by atoms with Crippen molar-refractivity contribution >= 4 is 11.9 Å². The summed E-state index contributed by atoms with van der Waals surface area (Å²) in [7, 11) is 3.48. The quantitative estimate of drug-likeness (QED) is 0.388. The number of nitrogens with one attached hydrogen (secondary N) is 2. The number of rotatable bonds is 9. The maximum absolute atomic E-state index is 12.0. The fraction of sp³-hybridized carbons (Fsp3) is 0.600. The van der Waals surface area contributed by atoms with Gasteiger partial charge >= 0.3 is 0 Å². The van der Waals surface area contributed by atoms with Crippen LogP contribution >= 0.6 is 0 Å². The van der Waals surface area contributed by atoms with E-state index in [9.17, 15) is 4.79 Å². The van der Waals surface area contributed by atoms with Crippen LogP contribution in [0.2, 0.25) is 0 Å². The second kappa shape index (κ2) is 11.6. The molecule has 2 rings (SSSR count). The number of carbonyl (C=O) groups is 1. The lowest BCUT2D eigenvalue weighted by Crippen LogP contribution is -2.39. The van der Waals surface area contributed by atoms with Gasteiger partial charge in [-0.15, -0.1) is 0 Å². The van der Waals surface area contributed by atoms with Gasteiger partial charge in [0.15, 0.2) is 5.96 Å². The SMILES string of the molecule is CCNC(=O)c1cccc(CNC(=NC)N2CCC(COCCOC)C2)c1. The van der Waals surface area contributed by atoms with Crippen molar-refractivity contribution in [2.75, 3.05) is 53.6 Å². The summed E-state index contributed by atoms with van der Waals surface area (Å²) in [6.45, 7) is 7.11. The molecule has 1 aromatic carbocycles. The van der Waals surface area contributed by atoms with Crippen molar-refractivity contribution in [3.05, 3.63) is 35.4 Å². The number of hydrogen-bond donors (Lipinski definition) is 2. The molecule has 0 aromatic heterocycles. The Morgan fingerprint density at radius 3 is 2.93 bits per heavy atom. The third kappa shape index (κ3) is 6.84.